The summed E-state index contributed by atoms with van der Waals surface area (Å²) in [5.74, 6) is 2.05. The van der Waals surface area contributed by atoms with Crippen LogP contribution in [0.5, 0.6) is 0 Å². The van der Waals surface area contributed by atoms with Crippen LogP contribution in [0, 0.1) is 6.92 Å². The summed E-state index contributed by atoms with van der Waals surface area (Å²) < 4.78 is 1.88. The molecule has 2 N–H and O–H groups in total. The number of benzene rings is 1. The number of aliphatic imine (C=N–C) groups is 1. The summed E-state index contributed by atoms with van der Waals surface area (Å²) in [5.41, 5.74) is 2.62. The van der Waals surface area contributed by atoms with Crippen LogP contribution in [0.2, 0.25) is 0 Å². The van der Waals surface area contributed by atoms with Gasteiger partial charge in [-0.1, -0.05) is 36.8 Å². The minimum absolute atomic E-state index is 0. The maximum atomic E-state index is 4.24. The monoisotopic (exact) mass is 428 g/mol. The van der Waals surface area contributed by atoms with Gasteiger partial charge in [0.2, 0.25) is 0 Å². The van der Waals surface area contributed by atoms with Gasteiger partial charge >= 0.3 is 0 Å². The van der Waals surface area contributed by atoms with Crippen LogP contribution >= 0.6 is 24.0 Å². The van der Waals surface area contributed by atoms with Gasteiger partial charge in [0.15, 0.2) is 11.8 Å². The zero-order valence-electron chi connectivity index (χ0n) is 14.1. The van der Waals surface area contributed by atoms with E-state index in [9.17, 15) is 0 Å². The van der Waals surface area contributed by atoms with Crippen LogP contribution in [-0.4, -0.2) is 34.3 Å². The number of hydrogen-bond donors (Lipinski definition) is 2. The third-order valence-electron chi connectivity index (χ3n) is 3.63. The van der Waals surface area contributed by atoms with E-state index in [1.54, 1.807) is 13.4 Å². The second kappa shape index (κ2) is 9.49. The zero-order valence-corrected chi connectivity index (χ0v) is 16.4. The first-order valence-corrected chi connectivity index (χ1v) is 7.44. The third kappa shape index (κ3) is 5.81. The summed E-state index contributed by atoms with van der Waals surface area (Å²) in [6.45, 7) is 5.74. The van der Waals surface area contributed by atoms with Crippen LogP contribution in [0.15, 0.2) is 35.6 Å². The van der Waals surface area contributed by atoms with Gasteiger partial charge in [0.1, 0.15) is 6.33 Å². The van der Waals surface area contributed by atoms with Crippen molar-refractivity contribution in [3.05, 3.63) is 47.5 Å². The van der Waals surface area contributed by atoms with Crippen molar-refractivity contribution in [1.82, 2.24) is 25.4 Å². The quantitative estimate of drug-likeness (QED) is 0.436. The van der Waals surface area contributed by atoms with Crippen molar-refractivity contribution in [3.8, 4) is 0 Å². The highest BCUT2D eigenvalue weighted by atomic mass is 127. The number of aryl methyl sites for hydroxylation is 2. The van der Waals surface area contributed by atoms with Crippen LogP contribution in [0.25, 0.3) is 0 Å². The third-order valence-corrected chi connectivity index (χ3v) is 3.63. The van der Waals surface area contributed by atoms with Crippen LogP contribution in [-0.2, 0) is 13.6 Å². The number of halogens is 1. The predicted octanol–water partition coefficient (Wildman–Crippen LogP) is 2.21. The molecule has 0 aliphatic rings. The first kappa shape index (κ1) is 19.4. The first-order chi connectivity index (χ1) is 10.6. The molecule has 0 fully saturated rings. The Balaban J connectivity index is 0.00000264. The van der Waals surface area contributed by atoms with Gasteiger partial charge in [-0.3, -0.25) is 4.99 Å². The Bertz CT molecular complexity index is 637. The van der Waals surface area contributed by atoms with Crippen molar-refractivity contribution in [2.45, 2.75) is 26.3 Å². The van der Waals surface area contributed by atoms with Gasteiger partial charge in [0.05, 0.1) is 6.54 Å². The maximum absolute atomic E-state index is 4.24. The highest BCUT2D eigenvalue weighted by molar-refractivity contribution is 14.0. The lowest BCUT2D eigenvalue weighted by molar-refractivity contribution is 0.683. The van der Waals surface area contributed by atoms with Crippen molar-refractivity contribution in [1.29, 1.82) is 0 Å². The molecular weight excluding hydrogens is 403 g/mol. The maximum Gasteiger partial charge on any atom is 0.191 e. The molecule has 0 amide bonds. The van der Waals surface area contributed by atoms with E-state index in [1.165, 1.54) is 11.1 Å². The fourth-order valence-electron chi connectivity index (χ4n) is 2.19. The van der Waals surface area contributed by atoms with Crippen molar-refractivity contribution in [3.63, 3.8) is 0 Å². The van der Waals surface area contributed by atoms with Gasteiger partial charge in [-0.15, -0.1) is 34.2 Å². The average Bonchev–Trinajstić information content (AvgIpc) is 2.92. The normalized spacial score (nSPS) is 12.4. The lowest BCUT2D eigenvalue weighted by atomic mass is 9.99. The van der Waals surface area contributed by atoms with Gasteiger partial charge in [0, 0.05) is 20.6 Å². The minimum Gasteiger partial charge on any atom is -0.356 e. The summed E-state index contributed by atoms with van der Waals surface area (Å²) in [6, 6.07) is 8.60. The molecule has 1 aromatic heterocycles. The second-order valence-corrected chi connectivity index (χ2v) is 5.48. The SMILES string of the molecule is CN=C(NCc1nncn1C)NCC(C)c1cccc(C)c1.I. The lowest BCUT2D eigenvalue weighted by Crippen LogP contribution is -2.39. The highest BCUT2D eigenvalue weighted by Gasteiger charge is 2.07. The molecule has 7 heteroatoms. The molecule has 0 saturated carbocycles. The van der Waals surface area contributed by atoms with E-state index in [-0.39, 0.29) is 24.0 Å². The number of guanidine groups is 1. The topological polar surface area (TPSA) is 67.1 Å². The lowest BCUT2D eigenvalue weighted by Gasteiger charge is -2.16. The van der Waals surface area contributed by atoms with Gasteiger partial charge < -0.3 is 15.2 Å². The molecule has 0 bridgehead atoms. The van der Waals surface area contributed by atoms with E-state index in [0.717, 1.165) is 18.3 Å². The van der Waals surface area contributed by atoms with Gasteiger partial charge in [0.25, 0.3) is 0 Å². The fourth-order valence-corrected chi connectivity index (χ4v) is 2.19. The molecule has 1 unspecified atom stereocenters. The highest BCUT2D eigenvalue weighted by Crippen LogP contribution is 2.15. The Hall–Kier alpha value is -1.64. The molecule has 0 aliphatic heterocycles. The Morgan fingerprint density at radius 2 is 2.13 bits per heavy atom. The molecule has 0 spiro atoms. The molecule has 126 valence electrons. The molecule has 23 heavy (non-hydrogen) atoms. The van der Waals surface area contributed by atoms with E-state index >= 15 is 0 Å². The van der Waals surface area contributed by atoms with Crippen molar-refractivity contribution >= 4 is 29.9 Å². The number of nitrogens with zero attached hydrogens (tertiary/aromatic N) is 4. The Morgan fingerprint density at radius 3 is 2.74 bits per heavy atom. The fraction of sp³-hybridized carbons (Fsp3) is 0.438. The van der Waals surface area contributed by atoms with Crippen molar-refractivity contribution < 1.29 is 0 Å². The second-order valence-electron chi connectivity index (χ2n) is 5.48. The zero-order chi connectivity index (χ0) is 15.9. The largest absolute Gasteiger partial charge is 0.356 e. The predicted molar refractivity (Wildman–Crippen MR) is 104 cm³/mol. The Morgan fingerprint density at radius 1 is 1.35 bits per heavy atom. The van der Waals surface area contributed by atoms with Crippen LogP contribution < -0.4 is 10.6 Å². The van der Waals surface area contributed by atoms with Crippen LogP contribution in [0.1, 0.15) is 29.8 Å². The summed E-state index contributed by atoms with van der Waals surface area (Å²) in [5, 5.41) is 14.5. The van der Waals surface area contributed by atoms with Crippen LogP contribution in [0.3, 0.4) is 0 Å². The smallest absolute Gasteiger partial charge is 0.191 e. The molecule has 2 rings (SSSR count). The molecule has 0 saturated heterocycles. The Labute approximate surface area is 154 Å². The first-order valence-electron chi connectivity index (χ1n) is 7.44. The molecule has 2 aromatic rings. The van der Waals surface area contributed by atoms with E-state index in [2.05, 4.69) is 63.9 Å². The average molecular weight is 428 g/mol. The Kier molecular flexibility index (Phi) is 8.01. The van der Waals surface area contributed by atoms with E-state index < -0.39 is 0 Å². The van der Waals surface area contributed by atoms with Gasteiger partial charge in [-0.25, -0.2) is 0 Å². The van der Waals surface area contributed by atoms with Crippen molar-refractivity contribution in [2.75, 3.05) is 13.6 Å². The molecular formula is C16H25IN6. The molecule has 0 aliphatic carbocycles. The van der Waals surface area contributed by atoms with Gasteiger partial charge in [-0.05, 0) is 18.4 Å². The minimum atomic E-state index is 0. The molecule has 1 atom stereocenters. The van der Waals surface area contributed by atoms with E-state index in [1.807, 2.05) is 11.6 Å². The van der Waals surface area contributed by atoms with E-state index in [4.69, 9.17) is 0 Å². The number of aromatic nitrogens is 3. The number of nitrogens with one attached hydrogen (secondary N) is 2. The van der Waals surface area contributed by atoms with Crippen LogP contribution in [0.4, 0.5) is 0 Å². The summed E-state index contributed by atoms with van der Waals surface area (Å²) in [4.78, 5) is 4.24. The summed E-state index contributed by atoms with van der Waals surface area (Å²) >= 11 is 0. The molecule has 1 heterocycles. The molecule has 1 aromatic carbocycles. The summed E-state index contributed by atoms with van der Waals surface area (Å²) in [6.07, 6.45) is 1.69. The number of rotatable bonds is 5. The van der Waals surface area contributed by atoms with Gasteiger partial charge in [-0.2, -0.15) is 0 Å². The standard InChI is InChI=1S/C16H24N6.HI/c1-12-6-5-7-14(8-12)13(2)9-18-16(17-3)19-10-15-21-20-11-22(15)4;/h5-8,11,13H,9-10H2,1-4H3,(H2,17,18,19);1H. The molecule has 0 radical (unpaired) electrons. The summed E-state index contributed by atoms with van der Waals surface area (Å²) in [7, 11) is 3.69. The number of hydrogen-bond acceptors (Lipinski definition) is 3. The van der Waals surface area contributed by atoms with Crippen molar-refractivity contribution in [2.24, 2.45) is 12.0 Å². The molecule has 6 nitrogen and oxygen atoms in total. The van der Waals surface area contributed by atoms with E-state index in [0.29, 0.717) is 12.5 Å².